The van der Waals surface area contributed by atoms with Gasteiger partial charge in [-0.05, 0) is 25.5 Å². The van der Waals surface area contributed by atoms with E-state index in [2.05, 4.69) is 13.8 Å². The van der Waals surface area contributed by atoms with Crippen LogP contribution in [0.25, 0.3) is 0 Å². The lowest BCUT2D eigenvalue weighted by Crippen LogP contribution is -3.17. The maximum atomic E-state index is 12.4. The highest BCUT2D eigenvalue weighted by Crippen LogP contribution is 2.13. The first-order chi connectivity index (χ1) is 10.0. The van der Waals surface area contributed by atoms with Crippen LogP contribution in [-0.4, -0.2) is 48.0 Å². The molecule has 1 aromatic carbocycles. The Balaban J connectivity index is 1.97. The van der Waals surface area contributed by atoms with Crippen molar-refractivity contribution in [1.82, 2.24) is 4.90 Å². The highest BCUT2D eigenvalue weighted by atomic mass is 16.6. The lowest BCUT2D eigenvalue weighted by molar-refractivity contribution is -0.927. The number of quaternary nitrogens is 1. The predicted octanol–water partition coefficient (Wildman–Crippen LogP) is 0.734. The maximum Gasteiger partial charge on any atom is 0.269 e. The number of carbonyl (C=O) groups is 1. The summed E-state index contributed by atoms with van der Waals surface area (Å²) in [4.78, 5) is 25.9. The van der Waals surface area contributed by atoms with Crippen LogP contribution in [0.3, 0.4) is 0 Å². The SMILES string of the molecule is CC[C@H](C)[NH+]1CCN(C(=O)c2ccc([N+](=O)[O-])cc2)CC1. The second-order valence-electron chi connectivity index (χ2n) is 5.56. The summed E-state index contributed by atoms with van der Waals surface area (Å²) in [5.74, 6) is -0.0342. The van der Waals surface area contributed by atoms with Gasteiger partial charge in [-0.15, -0.1) is 0 Å². The number of hydrogen-bond acceptors (Lipinski definition) is 3. The summed E-state index contributed by atoms with van der Waals surface area (Å²) in [5.41, 5.74) is 0.533. The third-order valence-corrected chi connectivity index (χ3v) is 4.33. The molecular weight excluding hydrogens is 270 g/mol. The van der Waals surface area contributed by atoms with Crippen molar-refractivity contribution < 1.29 is 14.6 Å². The summed E-state index contributed by atoms with van der Waals surface area (Å²) in [6.45, 7) is 7.85. The van der Waals surface area contributed by atoms with Crippen LogP contribution in [0.2, 0.25) is 0 Å². The molecule has 0 aliphatic carbocycles. The van der Waals surface area contributed by atoms with Crippen LogP contribution in [0.15, 0.2) is 24.3 Å². The Morgan fingerprint density at radius 3 is 2.38 bits per heavy atom. The van der Waals surface area contributed by atoms with Crippen molar-refractivity contribution in [3.63, 3.8) is 0 Å². The molecule has 1 saturated heterocycles. The molecule has 0 saturated carbocycles. The molecule has 2 rings (SSSR count). The van der Waals surface area contributed by atoms with Crippen molar-refractivity contribution in [2.45, 2.75) is 26.3 Å². The molecule has 1 amide bonds. The summed E-state index contributed by atoms with van der Waals surface area (Å²) < 4.78 is 0. The van der Waals surface area contributed by atoms with E-state index in [4.69, 9.17) is 0 Å². The molecule has 1 heterocycles. The molecule has 1 N–H and O–H groups in total. The van der Waals surface area contributed by atoms with Crippen LogP contribution in [0.1, 0.15) is 30.6 Å². The first kappa shape index (κ1) is 15.4. The number of piperazine rings is 1. The Morgan fingerprint density at radius 1 is 1.33 bits per heavy atom. The lowest BCUT2D eigenvalue weighted by Gasteiger charge is -2.35. The van der Waals surface area contributed by atoms with Gasteiger partial charge in [-0.3, -0.25) is 14.9 Å². The van der Waals surface area contributed by atoms with Gasteiger partial charge in [0.05, 0.1) is 37.1 Å². The van der Waals surface area contributed by atoms with E-state index >= 15 is 0 Å². The number of nitro groups is 1. The number of hydrogen-bond donors (Lipinski definition) is 1. The fourth-order valence-corrected chi connectivity index (χ4v) is 2.69. The minimum atomic E-state index is -0.456. The summed E-state index contributed by atoms with van der Waals surface area (Å²) in [6, 6.07) is 6.46. The third-order valence-electron chi connectivity index (χ3n) is 4.33. The number of non-ortho nitro benzene ring substituents is 1. The largest absolute Gasteiger partial charge is 0.330 e. The summed E-state index contributed by atoms with van der Waals surface area (Å²) in [6.07, 6.45) is 1.14. The Kier molecular flexibility index (Phi) is 4.90. The Morgan fingerprint density at radius 2 is 1.90 bits per heavy atom. The van der Waals surface area contributed by atoms with Crippen LogP contribution in [0, 0.1) is 10.1 Å². The lowest BCUT2D eigenvalue weighted by atomic mass is 10.1. The van der Waals surface area contributed by atoms with Gasteiger partial charge in [0.1, 0.15) is 0 Å². The van der Waals surface area contributed by atoms with Crippen molar-refractivity contribution >= 4 is 11.6 Å². The summed E-state index contributed by atoms with van der Waals surface area (Å²) >= 11 is 0. The molecule has 6 nitrogen and oxygen atoms in total. The average molecular weight is 292 g/mol. The number of benzene rings is 1. The number of carbonyl (C=O) groups excluding carboxylic acids is 1. The van der Waals surface area contributed by atoms with Crippen LogP contribution in [-0.2, 0) is 0 Å². The van der Waals surface area contributed by atoms with E-state index in [9.17, 15) is 14.9 Å². The smallest absolute Gasteiger partial charge is 0.269 e. The van der Waals surface area contributed by atoms with Crippen molar-refractivity contribution in [3.05, 3.63) is 39.9 Å². The zero-order chi connectivity index (χ0) is 15.4. The van der Waals surface area contributed by atoms with Gasteiger partial charge in [0, 0.05) is 17.7 Å². The highest BCUT2D eigenvalue weighted by Gasteiger charge is 2.26. The number of nitro benzene ring substituents is 1. The summed E-state index contributed by atoms with van der Waals surface area (Å²) in [5, 5.41) is 10.6. The van der Waals surface area contributed by atoms with E-state index in [0.717, 1.165) is 32.6 Å². The van der Waals surface area contributed by atoms with Crippen LogP contribution >= 0.6 is 0 Å². The van der Waals surface area contributed by atoms with E-state index in [1.807, 2.05) is 4.90 Å². The van der Waals surface area contributed by atoms with Gasteiger partial charge < -0.3 is 9.80 Å². The normalized spacial score (nSPS) is 17.5. The molecule has 1 aromatic rings. The number of rotatable bonds is 4. The zero-order valence-corrected chi connectivity index (χ0v) is 12.5. The topological polar surface area (TPSA) is 67.9 Å². The minimum absolute atomic E-state index is 0.0117. The first-order valence-electron chi connectivity index (χ1n) is 7.41. The quantitative estimate of drug-likeness (QED) is 0.657. The predicted molar refractivity (Wildman–Crippen MR) is 79.4 cm³/mol. The first-order valence-corrected chi connectivity index (χ1v) is 7.41. The van der Waals surface area contributed by atoms with Crippen LogP contribution in [0.4, 0.5) is 5.69 Å². The molecule has 0 radical (unpaired) electrons. The van der Waals surface area contributed by atoms with E-state index in [-0.39, 0.29) is 11.6 Å². The molecule has 21 heavy (non-hydrogen) atoms. The Hall–Kier alpha value is -1.95. The van der Waals surface area contributed by atoms with Gasteiger partial charge in [-0.2, -0.15) is 0 Å². The van der Waals surface area contributed by atoms with Crippen molar-refractivity contribution in [2.24, 2.45) is 0 Å². The Bertz CT molecular complexity index is 507. The average Bonchev–Trinajstić information content (AvgIpc) is 2.53. The molecule has 0 spiro atoms. The van der Waals surface area contributed by atoms with E-state index in [0.29, 0.717) is 11.6 Å². The molecule has 1 atom stereocenters. The fraction of sp³-hybridized carbons (Fsp3) is 0.533. The van der Waals surface area contributed by atoms with Gasteiger partial charge in [-0.1, -0.05) is 6.92 Å². The van der Waals surface area contributed by atoms with Gasteiger partial charge in [0.25, 0.3) is 11.6 Å². The fourth-order valence-electron chi connectivity index (χ4n) is 2.69. The van der Waals surface area contributed by atoms with Gasteiger partial charge in [0.15, 0.2) is 0 Å². The number of nitrogens with one attached hydrogen (secondary N) is 1. The van der Waals surface area contributed by atoms with Gasteiger partial charge >= 0.3 is 0 Å². The maximum absolute atomic E-state index is 12.4. The number of amides is 1. The third kappa shape index (κ3) is 3.58. The van der Waals surface area contributed by atoms with Crippen molar-refractivity contribution in [3.8, 4) is 0 Å². The standard InChI is InChI=1S/C15H21N3O3/c1-3-12(2)16-8-10-17(11-9-16)15(19)13-4-6-14(7-5-13)18(20)21/h4-7,12H,3,8-11H2,1-2H3/p+1/t12-/m0/s1. The molecular formula is C15H22N3O3+. The van der Waals surface area contributed by atoms with E-state index in [1.165, 1.54) is 24.3 Å². The number of nitrogens with zero attached hydrogens (tertiary/aromatic N) is 2. The zero-order valence-electron chi connectivity index (χ0n) is 12.5. The van der Waals surface area contributed by atoms with E-state index < -0.39 is 4.92 Å². The molecule has 1 fully saturated rings. The van der Waals surface area contributed by atoms with Crippen LogP contribution < -0.4 is 4.90 Å². The minimum Gasteiger partial charge on any atom is -0.330 e. The molecule has 1 aliphatic rings. The summed E-state index contributed by atoms with van der Waals surface area (Å²) in [7, 11) is 0. The molecule has 6 heteroatoms. The monoisotopic (exact) mass is 292 g/mol. The second kappa shape index (κ2) is 6.67. The van der Waals surface area contributed by atoms with Crippen molar-refractivity contribution in [2.75, 3.05) is 26.2 Å². The molecule has 114 valence electrons. The van der Waals surface area contributed by atoms with Crippen LogP contribution in [0.5, 0.6) is 0 Å². The van der Waals surface area contributed by atoms with Crippen molar-refractivity contribution in [1.29, 1.82) is 0 Å². The Labute approximate surface area is 124 Å². The van der Waals surface area contributed by atoms with E-state index in [1.54, 1.807) is 4.90 Å². The highest BCUT2D eigenvalue weighted by molar-refractivity contribution is 5.94. The molecule has 1 aliphatic heterocycles. The molecule has 0 aromatic heterocycles. The second-order valence-corrected chi connectivity index (χ2v) is 5.56. The molecule has 0 unspecified atom stereocenters. The van der Waals surface area contributed by atoms with Gasteiger partial charge in [-0.25, -0.2) is 0 Å². The molecule has 0 bridgehead atoms. The van der Waals surface area contributed by atoms with Gasteiger partial charge in [0.2, 0.25) is 0 Å².